The minimum absolute atomic E-state index is 0.0430. The molecule has 1 heterocycles. The molecule has 0 saturated carbocycles. The van der Waals surface area contributed by atoms with Crippen molar-refractivity contribution in [1.29, 1.82) is 0 Å². The molecule has 140 valence electrons. The van der Waals surface area contributed by atoms with Gasteiger partial charge >= 0.3 is 0 Å². The molecule has 2 aromatic carbocycles. The zero-order chi connectivity index (χ0) is 19.7. The second-order valence-electron chi connectivity index (χ2n) is 5.49. The van der Waals surface area contributed by atoms with Crippen LogP contribution in [0, 0.1) is 29.1 Å². The molecule has 0 aliphatic carbocycles. The summed E-state index contributed by atoms with van der Waals surface area (Å²) in [6.45, 7) is 2.00. The summed E-state index contributed by atoms with van der Waals surface area (Å²) in [6.07, 6.45) is 0.862. The van der Waals surface area contributed by atoms with E-state index in [-0.39, 0.29) is 5.13 Å². The van der Waals surface area contributed by atoms with Gasteiger partial charge < -0.3 is 0 Å². The van der Waals surface area contributed by atoms with Crippen LogP contribution in [0.25, 0.3) is 11.3 Å². The van der Waals surface area contributed by atoms with E-state index in [2.05, 4.69) is 10.3 Å². The molecule has 0 atom stereocenters. The summed E-state index contributed by atoms with van der Waals surface area (Å²) < 4.78 is 66.9. The van der Waals surface area contributed by atoms with Crippen molar-refractivity contribution in [2.24, 2.45) is 0 Å². The van der Waals surface area contributed by atoms with Crippen molar-refractivity contribution in [2.75, 3.05) is 5.32 Å². The fourth-order valence-corrected chi connectivity index (χ4v) is 3.05. The minimum atomic E-state index is -2.33. The van der Waals surface area contributed by atoms with Gasteiger partial charge in [-0.15, -0.1) is 11.3 Å². The SMILES string of the molecule is CCc1ccc(-c2csc(NC(=O)c3c(F)c(F)c(F)c(F)c3F)n2)cc1. The number of benzene rings is 2. The molecule has 1 amide bonds. The van der Waals surface area contributed by atoms with Crippen LogP contribution in [0.1, 0.15) is 22.8 Å². The molecule has 0 unspecified atom stereocenters. The number of aromatic nitrogens is 1. The van der Waals surface area contributed by atoms with Gasteiger partial charge in [-0.25, -0.2) is 26.9 Å². The van der Waals surface area contributed by atoms with Gasteiger partial charge in [-0.1, -0.05) is 31.2 Å². The van der Waals surface area contributed by atoms with Crippen molar-refractivity contribution in [3.8, 4) is 11.3 Å². The molecular formula is C18H11F5N2OS. The molecule has 0 bridgehead atoms. The molecule has 9 heteroatoms. The van der Waals surface area contributed by atoms with Crippen molar-refractivity contribution in [1.82, 2.24) is 4.98 Å². The first kappa shape index (κ1) is 19.0. The summed E-state index contributed by atoms with van der Waals surface area (Å²) in [5.74, 6) is -12.6. The topological polar surface area (TPSA) is 42.0 Å². The number of nitrogens with zero attached hydrogens (tertiary/aromatic N) is 1. The van der Waals surface area contributed by atoms with E-state index in [1.54, 1.807) is 5.38 Å². The number of thiazole rings is 1. The van der Waals surface area contributed by atoms with Gasteiger partial charge in [-0.3, -0.25) is 10.1 Å². The number of aryl methyl sites for hydroxylation is 1. The smallest absolute Gasteiger partial charge is 0.263 e. The average Bonchev–Trinajstić information content (AvgIpc) is 3.13. The lowest BCUT2D eigenvalue weighted by molar-refractivity contribution is 0.101. The number of amides is 1. The molecule has 3 aromatic rings. The van der Waals surface area contributed by atoms with Crippen LogP contribution in [-0.4, -0.2) is 10.9 Å². The highest BCUT2D eigenvalue weighted by atomic mass is 32.1. The zero-order valence-corrected chi connectivity index (χ0v) is 14.6. The molecule has 1 N–H and O–H groups in total. The van der Waals surface area contributed by atoms with Gasteiger partial charge in [0.15, 0.2) is 28.4 Å². The van der Waals surface area contributed by atoms with Crippen molar-refractivity contribution in [3.05, 3.63) is 69.9 Å². The molecule has 1 aromatic heterocycles. The Labute approximate surface area is 154 Å². The van der Waals surface area contributed by atoms with Crippen LogP contribution in [0.4, 0.5) is 27.1 Å². The predicted molar refractivity (Wildman–Crippen MR) is 91.1 cm³/mol. The third-order valence-corrected chi connectivity index (χ3v) is 4.58. The third-order valence-electron chi connectivity index (χ3n) is 3.82. The lowest BCUT2D eigenvalue weighted by Gasteiger charge is -2.07. The number of hydrogen-bond acceptors (Lipinski definition) is 3. The van der Waals surface area contributed by atoms with Crippen molar-refractivity contribution in [2.45, 2.75) is 13.3 Å². The summed E-state index contributed by atoms with van der Waals surface area (Å²) in [7, 11) is 0. The van der Waals surface area contributed by atoms with E-state index in [1.165, 1.54) is 0 Å². The Balaban J connectivity index is 1.87. The van der Waals surface area contributed by atoms with Gasteiger partial charge in [0.05, 0.1) is 5.69 Å². The molecule has 0 aliphatic heterocycles. The third kappa shape index (κ3) is 3.55. The second kappa shape index (κ2) is 7.43. The maximum absolute atomic E-state index is 13.7. The summed E-state index contributed by atoms with van der Waals surface area (Å²) in [5, 5.41) is 3.61. The van der Waals surface area contributed by atoms with E-state index in [1.807, 2.05) is 31.2 Å². The Morgan fingerprint density at radius 1 is 0.963 bits per heavy atom. The Morgan fingerprint density at radius 2 is 1.52 bits per heavy atom. The zero-order valence-electron chi connectivity index (χ0n) is 13.7. The molecule has 0 spiro atoms. The van der Waals surface area contributed by atoms with Gasteiger partial charge in [0.2, 0.25) is 5.82 Å². The van der Waals surface area contributed by atoms with Crippen molar-refractivity contribution < 1.29 is 26.7 Å². The molecule has 0 fully saturated rings. The fraction of sp³-hybridized carbons (Fsp3) is 0.111. The molecule has 0 saturated heterocycles. The Morgan fingerprint density at radius 3 is 2.07 bits per heavy atom. The number of hydrogen-bond donors (Lipinski definition) is 1. The Hall–Kier alpha value is -2.81. The van der Waals surface area contributed by atoms with Crippen LogP contribution < -0.4 is 5.32 Å². The van der Waals surface area contributed by atoms with Crippen molar-refractivity contribution >= 4 is 22.4 Å². The largest absolute Gasteiger partial charge is 0.298 e. The summed E-state index contributed by atoms with van der Waals surface area (Å²) in [5.41, 5.74) is 0.805. The highest BCUT2D eigenvalue weighted by Gasteiger charge is 2.30. The van der Waals surface area contributed by atoms with Crippen molar-refractivity contribution in [3.63, 3.8) is 0 Å². The maximum atomic E-state index is 13.7. The average molecular weight is 398 g/mol. The maximum Gasteiger partial charge on any atom is 0.263 e. The van der Waals surface area contributed by atoms with Gasteiger partial charge in [0.25, 0.3) is 5.91 Å². The van der Waals surface area contributed by atoms with E-state index in [9.17, 15) is 26.7 Å². The normalized spacial score (nSPS) is 10.9. The first-order chi connectivity index (χ1) is 12.8. The Bertz CT molecular complexity index is 988. The quantitative estimate of drug-likeness (QED) is 0.367. The van der Waals surface area contributed by atoms with Gasteiger partial charge in [0, 0.05) is 10.9 Å². The lowest BCUT2D eigenvalue weighted by Crippen LogP contribution is -2.19. The van der Waals surface area contributed by atoms with Crippen LogP contribution in [0.15, 0.2) is 29.6 Å². The minimum Gasteiger partial charge on any atom is -0.298 e. The number of halogens is 5. The van der Waals surface area contributed by atoms with E-state index in [0.29, 0.717) is 5.69 Å². The molecule has 3 nitrogen and oxygen atoms in total. The van der Waals surface area contributed by atoms with Gasteiger partial charge in [-0.2, -0.15) is 0 Å². The van der Waals surface area contributed by atoms with E-state index in [0.717, 1.165) is 28.9 Å². The standard InChI is InChI=1S/C18H11F5N2OS/c1-2-8-3-5-9(6-4-8)10-7-27-18(24-10)25-17(26)11-12(19)14(21)16(23)15(22)13(11)20/h3-7H,2H2,1H3,(H,24,25,26). The van der Waals surface area contributed by atoms with Crippen LogP contribution in [0.2, 0.25) is 0 Å². The highest BCUT2D eigenvalue weighted by molar-refractivity contribution is 7.14. The lowest BCUT2D eigenvalue weighted by atomic mass is 10.1. The van der Waals surface area contributed by atoms with Crippen LogP contribution in [-0.2, 0) is 6.42 Å². The fourth-order valence-electron chi connectivity index (χ4n) is 2.34. The first-order valence-corrected chi connectivity index (χ1v) is 8.59. The van der Waals surface area contributed by atoms with Crippen LogP contribution in [0.5, 0.6) is 0 Å². The van der Waals surface area contributed by atoms with E-state index >= 15 is 0 Å². The number of nitrogens with one attached hydrogen (secondary N) is 1. The molecule has 0 aliphatic rings. The summed E-state index contributed by atoms with van der Waals surface area (Å²) in [6, 6.07) is 7.45. The second-order valence-corrected chi connectivity index (χ2v) is 6.35. The molecule has 27 heavy (non-hydrogen) atoms. The van der Waals surface area contributed by atoms with Gasteiger partial charge in [0.1, 0.15) is 5.56 Å². The van der Waals surface area contributed by atoms with Crippen LogP contribution in [0.3, 0.4) is 0 Å². The van der Waals surface area contributed by atoms with Crippen LogP contribution >= 0.6 is 11.3 Å². The monoisotopic (exact) mass is 398 g/mol. The molecular weight excluding hydrogens is 387 g/mol. The number of carbonyl (C=O) groups is 1. The van der Waals surface area contributed by atoms with E-state index < -0.39 is 40.6 Å². The summed E-state index contributed by atoms with van der Waals surface area (Å²) >= 11 is 0.951. The summed E-state index contributed by atoms with van der Waals surface area (Å²) in [4.78, 5) is 16.1. The van der Waals surface area contributed by atoms with Gasteiger partial charge in [-0.05, 0) is 12.0 Å². The number of anilines is 1. The molecule has 0 radical (unpaired) electrons. The number of rotatable bonds is 4. The molecule has 3 rings (SSSR count). The Kier molecular flexibility index (Phi) is 5.22. The van der Waals surface area contributed by atoms with E-state index in [4.69, 9.17) is 0 Å². The predicted octanol–water partition coefficient (Wildman–Crippen LogP) is 5.32. The first-order valence-electron chi connectivity index (χ1n) is 7.71. The number of carbonyl (C=O) groups excluding carboxylic acids is 1. The highest BCUT2D eigenvalue weighted by Crippen LogP contribution is 2.27.